The van der Waals surface area contributed by atoms with Crippen molar-refractivity contribution in [2.75, 3.05) is 11.9 Å². The van der Waals surface area contributed by atoms with Crippen LogP contribution in [0.2, 0.25) is 10.0 Å². The van der Waals surface area contributed by atoms with E-state index < -0.39 is 16.7 Å². The van der Waals surface area contributed by atoms with Crippen LogP contribution in [0.5, 0.6) is 0 Å². The predicted molar refractivity (Wildman–Crippen MR) is 93.7 cm³/mol. The second-order valence-corrected chi connectivity index (χ2v) is 5.60. The number of hydrogen-bond donors (Lipinski definition) is 3. The highest BCUT2D eigenvalue weighted by molar-refractivity contribution is 6.42. The van der Waals surface area contributed by atoms with Gasteiger partial charge < -0.3 is 5.32 Å². The summed E-state index contributed by atoms with van der Waals surface area (Å²) < 4.78 is 0. The molecule has 0 aliphatic rings. The molecule has 0 aromatic heterocycles. The maximum atomic E-state index is 11.8. The summed E-state index contributed by atoms with van der Waals surface area (Å²) in [6.07, 6.45) is 0. The van der Waals surface area contributed by atoms with E-state index in [1.54, 1.807) is 18.2 Å². The Hall–Kier alpha value is -2.84. The minimum absolute atomic E-state index is 0.113. The van der Waals surface area contributed by atoms with Gasteiger partial charge in [0.25, 0.3) is 17.5 Å². The van der Waals surface area contributed by atoms with E-state index in [1.165, 1.54) is 24.3 Å². The third kappa shape index (κ3) is 5.33. The number of hydrogen-bond acceptors (Lipinski definition) is 5. The quantitative estimate of drug-likeness (QED) is 0.543. The van der Waals surface area contributed by atoms with Crippen LogP contribution in [0.25, 0.3) is 0 Å². The van der Waals surface area contributed by atoms with E-state index in [-0.39, 0.29) is 17.8 Å². The average molecular weight is 383 g/mol. The van der Waals surface area contributed by atoms with Crippen LogP contribution in [0.3, 0.4) is 0 Å². The summed E-state index contributed by atoms with van der Waals surface area (Å²) in [5, 5.41) is 14.1. The smallest absolute Gasteiger partial charge is 0.269 e. The van der Waals surface area contributed by atoms with Gasteiger partial charge >= 0.3 is 0 Å². The maximum Gasteiger partial charge on any atom is 0.269 e. The fraction of sp³-hybridized carbons (Fsp3) is 0.0667. The molecular weight excluding hydrogens is 371 g/mol. The second kappa shape index (κ2) is 8.32. The van der Waals surface area contributed by atoms with Crippen LogP contribution >= 0.6 is 23.2 Å². The molecule has 130 valence electrons. The number of nitrogens with zero attached hydrogens (tertiary/aromatic N) is 1. The van der Waals surface area contributed by atoms with Crippen molar-refractivity contribution in [3.05, 3.63) is 68.2 Å². The molecule has 0 saturated heterocycles. The van der Waals surface area contributed by atoms with Gasteiger partial charge in [0.15, 0.2) is 0 Å². The van der Waals surface area contributed by atoms with Crippen LogP contribution in [-0.4, -0.2) is 23.3 Å². The average Bonchev–Trinajstić information content (AvgIpc) is 2.60. The van der Waals surface area contributed by atoms with Crippen LogP contribution in [-0.2, 0) is 4.79 Å². The zero-order chi connectivity index (χ0) is 18.4. The molecule has 2 rings (SSSR count). The number of hydrazine groups is 1. The van der Waals surface area contributed by atoms with Gasteiger partial charge in [0.05, 0.1) is 21.5 Å². The Bertz CT molecular complexity index is 812. The molecule has 3 N–H and O–H groups in total. The second-order valence-electron chi connectivity index (χ2n) is 4.79. The van der Waals surface area contributed by atoms with Crippen molar-refractivity contribution in [2.45, 2.75) is 0 Å². The summed E-state index contributed by atoms with van der Waals surface area (Å²) in [7, 11) is 0. The third-order valence-electron chi connectivity index (χ3n) is 3.03. The maximum absolute atomic E-state index is 11.8. The van der Waals surface area contributed by atoms with Crippen LogP contribution in [0, 0.1) is 10.1 Å². The molecule has 0 bridgehead atoms. The van der Waals surface area contributed by atoms with Crippen molar-refractivity contribution in [1.82, 2.24) is 10.9 Å². The van der Waals surface area contributed by atoms with Gasteiger partial charge in [-0.2, -0.15) is 0 Å². The number of carbonyl (C=O) groups excluding carboxylic acids is 2. The van der Waals surface area contributed by atoms with Crippen molar-refractivity contribution >= 4 is 46.4 Å². The van der Waals surface area contributed by atoms with Gasteiger partial charge in [0, 0.05) is 23.4 Å². The minimum Gasteiger partial charge on any atom is -0.376 e. The molecule has 0 fully saturated rings. The molecule has 2 aromatic carbocycles. The minimum atomic E-state index is -0.599. The van der Waals surface area contributed by atoms with Gasteiger partial charge in [0.2, 0.25) is 0 Å². The SMILES string of the molecule is O=C(CNc1ccc(Cl)c(Cl)c1)NNC(=O)c1ccc([N+](=O)[O-])cc1. The van der Waals surface area contributed by atoms with Gasteiger partial charge in [-0.1, -0.05) is 23.2 Å². The summed E-state index contributed by atoms with van der Waals surface area (Å²) in [6, 6.07) is 9.76. The highest BCUT2D eigenvalue weighted by Crippen LogP contribution is 2.24. The zero-order valence-electron chi connectivity index (χ0n) is 12.6. The molecular formula is C15H12Cl2N4O4. The zero-order valence-corrected chi connectivity index (χ0v) is 14.1. The number of halogens is 2. The van der Waals surface area contributed by atoms with E-state index >= 15 is 0 Å². The fourth-order valence-corrected chi connectivity index (χ4v) is 2.06. The monoisotopic (exact) mass is 382 g/mol. The van der Waals surface area contributed by atoms with Crippen molar-refractivity contribution in [3.8, 4) is 0 Å². The molecule has 0 saturated carbocycles. The largest absolute Gasteiger partial charge is 0.376 e. The molecule has 0 unspecified atom stereocenters. The van der Waals surface area contributed by atoms with E-state index in [4.69, 9.17) is 23.2 Å². The first-order chi connectivity index (χ1) is 11.9. The molecule has 2 amide bonds. The molecule has 0 aliphatic carbocycles. The molecule has 0 heterocycles. The highest BCUT2D eigenvalue weighted by Gasteiger charge is 2.10. The summed E-state index contributed by atoms with van der Waals surface area (Å²) in [5.74, 6) is -1.10. The van der Waals surface area contributed by atoms with Crippen molar-refractivity contribution < 1.29 is 14.5 Å². The predicted octanol–water partition coefficient (Wildman–Crippen LogP) is 2.77. The lowest BCUT2D eigenvalue weighted by molar-refractivity contribution is -0.384. The first-order valence-electron chi connectivity index (χ1n) is 6.89. The number of benzene rings is 2. The van der Waals surface area contributed by atoms with E-state index in [0.717, 1.165) is 0 Å². The third-order valence-corrected chi connectivity index (χ3v) is 3.77. The van der Waals surface area contributed by atoms with Gasteiger partial charge in [-0.15, -0.1) is 0 Å². The van der Waals surface area contributed by atoms with E-state index in [9.17, 15) is 19.7 Å². The molecule has 0 aliphatic heterocycles. The molecule has 0 radical (unpaired) electrons. The lowest BCUT2D eigenvalue weighted by atomic mass is 10.2. The van der Waals surface area contributed by atoms with Crippen molar-refractivity contribution in [1.29, 1.82) is 0 Å². The number of anilines is 1. The number of rotatable bonds is 5. The number of nitrogens with one attached hydrogen (secondary N) is 3. The van der Waals surface area contributed by atoms with Crippen molar-refractivity contribution in [2.24, 2.45) is 0 Å². The summed E-state index contributed by atoms with van der Waals surface area (Å²) in [6.45, 7) is -0.113. The molecule has 25 heavy (non-hydrogen) atoms. The van der Waals surface area contributed by atoms with Gasteiger partial charge in [0.1, 0.15) is 0 Å². The van der Waals surface area contributed by atoms with Crippen LogP contribution < -0.4 is 16.2 Å². The molecule has 0 spiro atoms. The number of carbonyl (C=O) groups is 2. The Balaban J connectivity index is 1.81. The Morgan fingerprint density at radius 2 is 1.68 bits per heavy atom. The van der Waals surface area contributed by atoms with Gasteiger partial charge in [-0.3, -0.25) is 30.6 Å². The van der Waals surface area contributed by atoms with Gasteiger partial charge in [-0.25, -0.2) is 0 Å². The number of nitro benzene ring substituents is 1. The number of nitro groups is 1. The van der Waals surface area contributed by atoms with E-state index in [2.05, 4.69) is 16.2 Å². The summed E-state index contributed by atoms with van der Waals surface area (Å²) >= 11 is 11.6. The normalized spacial score (nSPS) is 10.0. The highest BCUT2D eigenvalue weighted by atomic mass is 35.5. The molecule has 10 heteroatoms. The van der Waals surface area contributed by atoms with Crippen LogP contribution in [0.1, 0.15) is 10.4 Å². The first-order valence-corrected chi connectivity index (χ1v) is 7.65. The van der Waals surface area contributed by atoms with Gasteiger partial charge in [-0.05, 0) is 30.3 Å². The van der Waals surface area contributed by atoms with Crippen LogP contribution in [0.4, 0.5) is 11.4 Å². The standard InChI is InChI=1S/C15H12Cl2N4O4/c16-12-6-3-10(7-13(12)17)18-8-14(22)19-20-15(23)9-1-4-11(5-2-9)21(24)25/h1-7,18H,8H2,(H,19,22)(H,20,23). The van der Waals surface area contributed by atoms with Crippen molar-refractivity contribution in [3.63, 3.8) is 0 Å². The topological polar surface area (TPSA) is 113 Å². The molecule has 2 aromatic rings. The Morgan fingerprint density at radius 3 is 2.28 bits per heavy atom. The number of amides is 2. The van der Waals surface area contributed by atoms with E-state index in [0.29, 0.717) is 15.7 Å². The number of non-ortho nitro benzene ring substituents is 1. The molecule has 0 atom stereocenters. The van der Waals surface area contributed by atoms with Crippen LogP contribution in [0.15, 0.2) is 42.5 Å². The Morgan fingerprint density at radius 1 is 1.00 bits per heavy atom. The lowest BCUT2D eigenvalue weighted by Crippen LogP contribution is -2.44. The Kier molecular flexibility index (Phi) is 6.15. The summed E-state index contributed by atoms with van der Waals surface area (Å²) in [5.41, 5.74) is 5.06. The van der Waals surface area contributed by atoms with E-state index in [1.807, 2.05) is 0 Å². The summed E-state index contributed by atoms with van der Waals surface area (Å²) in [4.78, 5) is 33.5. The molecule has 8 nitrogen and oxygen atoms in total. The lowest BCUT2D eigenvalue weighted by Gasteiger charge is -2.09. The fourth-order valence-electron chi connectivity index (χ4n) is 1.77. The Labute approximate surface area is 152 Å². The first kappa shape index (κ1) is 18.5.